The molecule has 0 saturated heterocycles. The van der Waals surface area contributed by atoms with Gasteiger partial charge in [0.15, 0.2) is 41.6 Å². The van der Waals surface area contributed by atoms with Crippen molar-refractivity contribution in [2.24, 2.45) is 0 Å². The Hall–Kier alpha value is 1.32. The smallest absolute Gasteiger partial charge is 0.437 e. The van der Waals surface area contributed by atoms with Gasteiger partial charge in [-0.25, -0.2) is 0 Å². The van der Waals surface area contributed by atoms with Crippen molar-refractivity contribution in [3.63, 3.8) is 0 Å². The Bertz CT molecular complexity index is 451. The summed E-state index contributed by atoms with van der Waals surface area (Å²) in [6.07, 6.45) is 0. The zero-order valence-corrected chi connectivity index (χ0v) is 30.5. The molecule has 0 aliphatic heterocycles. The predicted octanol–water partition coefficient (Wildman–Crippen LogP) is 7.50. The van der Waals surface area contributed by atoms with Gasteiger partial charge in [0.05, 0.1) is 0 Å². The molecule has 0 radical (unpaired) electrons. The molecule has 0 spiro atoms. The molecule has 0 unspecified atom stereocenters. The summed E-state index contributed by atoms with van der Waals surface area (Å²) in [5.74, 6) is 0. The van der Waals surface area contributed by atoms with Crippen LogP contribution < -0.4 is 0 Å². The van der Waals surface area contributed by atoms with E-state index >= 15 is 0 Å². The average Bonchev–Trinajstić information content (AvgIpc) is 2.09. The fourth-order valence-electron chi connectivity index (χ4n) is 3.23. The topological polar surface area (TPSA) is 46.2 Å². The first-order valence-corrected chi connectivity index (χ1v) is 33.1. The molecule has 12 heteroatoms. The van der Waals surface area contributed by atoms with E-state index in [0.29, 0.717) is 0 Å². The SMILES string of the molecule is C[Si](C)(C)O[Si](C)(C)O[Si](C)(C)C.C[Si](C)(C)O[Si](C)(O[Si](C)(C)C)O[Si](C)(C)C. The zero-order chi connectivity index (χ0) is 25.0. The van der Waals surface area contributed by atoms with Crippen LogP contribution in [0, 0.1) is 0 Å². The van der Waals surface area contributed by atoms with E-state index in [2.05, 4.69) is 118 Å². The molecule has 0 amide bonds. The fourth-order valence-corrected chi connectivity index (χ4v) is 30.5. The summed E-state index contributed by atoms with van der Waals surface area (Å²) in [7, 11) is -12.1. The lowest BCUT2D eigenvalue weighted by atomic mass is 11.8. The Balaban J connectivity index is 0. The van der Waals surface area contributed by atoms with E-state index in [9.17, 15) is 0 Å². The summed E-state index contributed by atoms with van der Waals surface area (Å²) in [5.41, 5.74) is 0. The van der Waals surface area contributed by atoms with E-state index in [1.165, 1.54) is 0 Å². The summed E-state index contributed by atoms with van der Waals surface area (Å²) in [6.45, 7) is 39.4. The summed E-state index contributed by atoms with van der Waals surface area (Å²) in [4.78, 5) is 0. The Morgan fingerprint density at radius 2 is 0.433 bits per heavy atom. The third-order valence-corrected chi connectivity index (χ3v) is 23.2. The molecule has 0 aromatic heterocycles. The van der Waals surface area contributed by atoms with E-state index in [-0.39, 0.29) is 0 Å². The van der Waals surface area contributed by atoms with E-state index in [1.807, 2.05) is 0 Å². The maximum Gasteiger partial charge on any atom is 0.466 e. The molecule has 5 nitrogen and oxygen atoms in total. The molecule has 0 heterocycles. The van der Waals surface area contributed by atoms with Crippen molar-refractivity contribution in [2.75, 3.05) is 0 Å². The van der Waals surface area contributed by atoms with Crippen molar-refractivity contribution in [2.45, 2.75) is 118 Å². The van der Waals surface area contributed by atoms with Crippen LogP contribution in [0.25, 0.3) is 0 Å². The van der Waals surface area contributed by atoms with E-state index in [1.54, 1.807) is 0 Å². The highest BCUT2D eigenvalue weighted by molar-refractivity contribution is 6.89. The van der Waals surface area contributed by atoms with Crippen molar-refractivity contribution in [3.05, 3.63) is 0 Å². The Labute approximate surface area is 196 Å². The number of hydrogen-bond acceptors (Lipinski definition) is 5. The lowest BCUT2D eigenvalue weighted by molar-refractivity contribution is 0.263. The van der Waals surface area contributed by atoms with Gasteiger partial charge in [0, 0.05) is 6.55 Å². The average molecular weight is 547 g/mol. The van der Waals surface area contributed by atoms with Gasteiger partial charge in [-0.3, -0.25) is 0 Å². The highest BCUT2D eigenvalue weighted by Crippen LogP contribution is 2.25. The molecule has 0 aliphatic rings. The molecule has 0 bridgehead atoms. The predicted molar refractivity (Wildman–Crippen MR) is 151 cm³/mol. The first-order valence-electron chi connectivity index (χ1n) is 11.0. The maximum absolute atomic E-state index is 6.28. The monoisotopic (exact) mass is 546 g/mol. The van der Waals surface area contributed by atoms with E-state index in [0.717, 1.165) is 0 Å². The summed E-state index contributed by atoms with van der Waals surface area (Å²) >= 11 is 0. The molecule has 0 rings (SSSR count). The van der Waals surface area contributed by atoms with Crippen LogP contribution in [0.2, 0.25) is 118 Å². The van der Waals surface area contributed by atoms with Gasteiger partial charge in [0.2, 0.25) is 0 Å². The maximum atomic E-state index is 6.28. The molecular weight excluding hydrogens is 493 g/mol. The van der Waals surface area contributed by atoms with Gasteiger partial charge in [-0.05, 0) is 111 Å². The zero-order valence-electron chi connectivity index (χ0n) is 23.5. The standard InChI is InChI=1S/C10H30O3Si4.C8H24O2Si3/c1-14(2,3)11-17(10,12-15(4,5)6)13-16(7,8)9;1-11(2,3)9-13(7,8)10-12(4,5)6/h1-10H3;1-8H3. The van der Waals surface area contributed by atoms with E-state index < -0.39 is 59.0 Å². The molecule has 184 valence electrons. The highest BCUT2D eigenvalue weighted by atomic mass is 28.5. The minimum atomic E-state index is -2.47. The van der Waals surface area contributed by atoms with E-state index in [4.69, 9.17) is 20.6 Å². The fraction of sp³-hybridized carbons (Fsp3) is 1.00. The quantitative estimate of drug-likeness (QED) is 0.265. The molecular formula is C18H54O5Si7. The Morgan fingerprint density at radius 1 is 0.267 bits per heavy atom. The second kappa shape index (κ2) is 11.2. The second-order valence-electron chi connectivity index (χ2n) is 13.3. The molecule has 0 atom stereocenters. The molecule has 0 aromatic rings. The van der Waals surface area contributed by atoms with Gasteiger partial charge in [0.25, 0.3) is 0 Å². The van der Waals surface area contributed by atoms with Crippen LogP contribution in [-0.2, 0) is 20.6 Å². The van der Waals surface area contributed by atoms with Gasteiger partial charge in [-0.15, -0.1) is 0 Å². The van der Waals surface area contributed by atoms with Crippen LogP contribution in [-0.4, -0.2) is 59.0 Å². The summed E-state index contributed by atoms with van der Waals surface area (Å²) in [5, 5.41) is 0. The van der Waals surface area contributed by atoms with Crippen LogP contribution in [0.15, 0.2) is 0 Å². The highest BCUT2D eigenvalue weighted by Gasteiger charge is 2.45. The first-order chi connectivity index (χ1) is 12.5. The molecule has 30 heavy (non-hydrogen) atoms. The molecule has 0 aliphatic carbocycles. The summed E-state index contributed by atoms with van der Waals surface area (Å²) in [6, 6.07) is 0. The van der Waals surface area contributed by atoms with Gasteiger partial charge in [0.1, 0.15) is 0 Å². The van der Waals surface area contributed by atoms with Crippen LogP contribution >= 0.6 is 0 Å². The Kier molecular flexibility index (Phi) is 12.5. The van der Waals surface area contributed by atoms with Crippen LogP contribution in [0.4, 0.5) is 0 Å². The largest absolute Gasteiger partial charge is 0.466 e. The normalized spacial score (nSPS) is 15.0. The summed E-state index contributed by atoms with van der Waals surface area (Å²) < 4.78 is 31.0. The van der Waals surface area contributed by atoms with Crippen LogP contribution in [0.1, 0.15) is 0 Å². The molecule has 0 aromatic carbocycles. The minimum Gasteiger partial charge on any atom is -0.437 e. The van der Waals surface area contributed by atoms with Crippen molar-refractivity contribution in [3.8, 4) is 0 Å². The molecule has 0 fully saturated rings. The van der Waals surface area contributed by atoms with Crippen LogP contribution in [0.5, 0.6) is 0 Å². The molecule has 0 saturated carbocycles. The number of hydrogen-bond donors (Lipinski definition) is 0. The van der Waals surface area contributed by atoms with Gasteiger partial charge in [-0.1, -0.05) is 0 Å². The van der Waals surface area contributed by atoms with Crippen LogP contribution in [0.3, 0.4) is 0 Å². The third-order valence-electron chi connectivity index (χ3n) is 2.58. The molecule has 0 N–H and O–H groups in total. The van der Waals surface area contributed by atoms with Crippen molar-refractivity contribution >= 4 is 59.0 Å². The van der Waals surface area contributed by atoms with Crippen molar-refractivity contribution in [1.82, 2.24) is 0 Å². The third kappa shape index (κ3) is 24.0. The van der Waals surface area contributed by atoms with Crippen molar-refractivity contribution < 1.29 is 20.6 Å². The van der Waals surface area contributed by atoms with Gasteiger partial charge >= 0.3 is 17.4 Å². The lowest BCUT2D eigenvalue weighted by Gasteiger charge is -2.40. The Morgan fingerprint density at radius 3 is 0.567 bits per heavy atom. The number of rotatable bonds is 10. The second-order valence-corrected chi connectivity index (χ2v) is 43.1. The minimum absolute atomic E-state index is 1.43. The van der Waals surface area contributed by atoms with Gasteiger partial charge < -0.3 is 20.6 Å². The lowest BCUT2D eigenvalue weighted by Crippen LogP contribution is -2.58. The van der Waals surface area contributed by atoms with Crippen molar-refractivity contribution in [1.29, 1.82) is 0 Å². The first kappa shape index (κ1) is 33.5. The van der Waals surface area contributed by atoms with Gasteiger partial charge in [-0.2, -0.15) is 0 Å².